The van der Waals surface area contributed by atoms with Gasteiger partial charge in [-0.1, -0.05) is 31.5 Å². The third-order valence-corrected chi connectivity index (χ3v) is 3.26. The SMILES string of the molecule is CC(C)NCc1cccn1Cc1ccc(Cl)c(F)c1. The summed E-state index contributed by atoms with van der Waals surface area (Å²) in [6.07, 6.45) is 2.00. The van der Waals surface area contributed by atoms with E-state index in [-0.39, 0.29) is 10.8 Å². The minimum absolute atomic E-state index is 0.165. The van der Waals surface area contributed by atoms with Crippen LogP contribution in [0, 0.1) is 5.82 Å². The molecule has 0 saturated carbocycles. The Morgan fingerprint density at radius 3 is 2.79 bits per heavy atom. The van der Waals surface area contributed by atoms with Crippen LogP contribution >= 0.6 is 11.6 Å². The Labute approximate surface area is 118 Å². The van der Waals surface area contributed by atoms with Crippen molar-refractivity contribution in [3.8, 4) is 0 Å². The molecular weight excluding hydrogens is 263 g/mol. The second-order valence-electron chi connectivity index (χ2n) is 4.91. The van der Waals surface area contributed by atoms with Crippen molar-refractivity contribution in [3.63, 3.8) is 0 Å². The van der Waals surface area contributed by atoms with Crippen LogP contribution in [0.4, 0.5) is 4.39 Å². The van der Waals surface area contributed by atoms with Crippen molar-refractivity contribution < 1.29 is 4.39 Å². The summed E-state index contributed by atoms with van der Waals surface area (Å²) in [5.41, 5.74) is 2.09. The van der Waals surface area contributed by atoms with Crippen LogP contribution in [-0.4, -0.2) is 10.6 Å². The van der Waals surface area contributed by atoms with E-state index in [4.69, 9.17) is 11.6 Å². The second-order valence-corrected chi connectivity index (χ2v) is 5.32. The molecule has 0 amide bonds. The molecule has 0 bridgehead atoms. The van der Waals surface area contributed by atoms with Gasteiger partial charge in [0.25, 0.3) is 0 Å². The van der Waals surface area contributed by atoms with E-state index in [1.807, 2.05) is 18.3 Å². The Morgan fingerprint density at radius 1 is 1.32 bits per heavy atom. The number of nitrogens with zero attached hydrogens (tertiary/aromatic N) is 1. The van der Waals surface area contributed by atoms with Gasteiger partial charge in [0, 0.05) is 31.0 Å². The van der Waals surface area contributed by atoms with Crippen LogP contribution in [0.5, 0.6) is 0 Å². The zero-order chi connectivity index (χ0) is 13.8. The van der Waals surface area contributed by atoms with Crippen LogP contribution in [0.1, 0.15) is 25.1 Å². The summed E-state index contributed by atoms with van der Waals surface area (Å²) in [7, 11) is 0. The highest BCUT2D eigenvalue weighted by atomic mass is 35.5. The maximum absolute atomic E-state index is 13.4. The fourth-order valence-corrected chi connectivity index (χ4v) is 2.03. The molecule has 0 aliphatic heterocycles. The number of aromatic nitrogens is 1. The maximum atomic E-state index is 13.4. The van der Waals surface area contributed by atoms with E-state index in [1.54, 1.807) is 6.07 Å². The summed E-state index contributed by atoms with van der Waals surface area (Å²) in [5, 5.41) is 3.54. The highest BCUT2D eigenvalue weighted by Crippen LogP contribution is 2.17. The minimum Gasteiger partial charge on any atom is -0.346 e. The molecule has 1 heterocycles. The summed E-state index contributed by atoms with van der Waals surface area (Å²) in [4.78, 5) is 0. The predicted octanol–water partition coefficient (Wildman–Crippen LogP) is 3.83. The van der Waals surface area contributed by atoms with Crippen LogP contribution < -0.4 is 5.32 Å². The van der Waals surface area contributed by atoms with Gasteiger partial charge >= 0.3 is 0 Å². The molecular formula is C15H18ClFN2. The predicted molar refractivity (Wildman–Crippen MR) is 76.9 cm³/mol. The van der Waals surface area contributed by atoms with E-state index in [0.717, 1.165) is 12.1 Å². The van der Waals surface area contributed by atoms with Crippen molar-refractivity contribution in [2.24, 2.45) is 0 Å². The summed E-state index contributed by atoms with van der Waals surface area (Å²) < 4.78 is 15.5. The molecule has 2 rings (SSSR count). The van der Waals surface area contributed by atoms with Gasteiger partial charge in [-0.2, -0.15) is 0 Å². The summed E-state index contributed by atoms with van der Waals surface area (Å²) in [6.45, 7) is 5.68. The maximum Gasteiger partial charge on any atom is 0.142 e. The van der Waals surface area contributed by atoms with E-state index in [9.17, 15) is 4.39 Å². The van der Waals surface area contributed by atoms with Crippen molar-refractivity contribution in [2.75, 3.05) is 0 Å². The first-order valence-electron chi connectivity index (χ1n) is 6.37. The molecule has 0 radical (unpaired) electrons. The minimum atomic E-state index is -0.367. The van der Waals surface area contributed by atoms with Gasteiger partial charge in [-0.15, -0.1) is 0 Å². The monoisotopic (exact) mass is 280 g/mol. The van der Waals surface area contributed by atoms with Crippen LogP contribution in [0.3, 0.4) is 0 Å². The Kier molecular flexibility index (Phi) is 4.61. The quantitative estimate of drug-likeness (QED) is 0.881. The van der Waals surface area contributed by atoms with E-state index in [1.165, 1.54) is 11.8 Å². The Balaban J connectivity index is 2.10. The molecule has 2 nitrogen and oxygen atoms in total. The van der Waals surface area contributed by atoms with E-state index >= 15 is 0 Å². The van der Waals surface area contributed by atoms with Crippen molar-refractivity contribution in [1.29, 1.82) is 0 Å². The van der Waals surface area contributed by atoms with Crippen molar-refractivity contribution in [1.82, 2.24) is 9.88 Å². The highest BCUT2D eigenvalue weighted by Gasteiger charge is 2.05. The average Bonchev–Trinajstić information content (AvgIpc) is 2.79. The van der Waals surface area contributed by atoms with E-state index in [2.05, 4.69) is 29.8 Å². The van der Waals surface area contributed by atoms with Gasteiger partial charge in [-0.25, -0.2) is 4.39 Å². The van der Waals surface area contributed by atoms with Crippen LogP contribution in [0.2, 0.25) is 5.02 Å². The van der Waals surface area contributed by atoms with Crippen molar-refractivity contribution in [2.45, 2.75) is 33.0 Å². The third-order valence-electron chi connectivity index (χ3n) is 2.95. The molecule has 19 heavy (non-hydrogen) atoms. The topological polar surface area (TPSA) is 17.0 Å². The first-order valence-corrected chi connectivity index (χ1v) is 6.75. The van der Waals surface area contributed by atoms with E-state index < -0.39 is 0 Å². The fraction of sp³-hybridized carbons (Fsp3) is 0.333. The largest absolute Gasteiger partial charge is 0.346 e. The molecule has 2 aromatic rings. The third kappa shape index (κ3) is 3.82. The highest BCUT2D eigenvalue weighted by molar-refractivity contribution is 6.30. The van der Waals surface area contributed by atoms with Gasteiger partial charge in [-0.05, 0) is 29.8 Å². The number of nitrogens with one attached hydrogen (secondary N) is 1. The summed E-state index contributed by atoms with van der Waals surface area (Å²) in [5.74, 6) is -0.367. The first kappa shape index (κ1) is 14.1. The standard InChI is InChI=1S/C15H18ClFN2/c1-11(2)18-9-13-4-3-7-19(13)10-12-5-6-14(16)15(17)8-12/h3-8,11,18H,9-10H2,1-2H3. The fourth-order valence-electron chi connectivity index (χ4n) is 1.91. The first-order chi connectivity index (χ1) is 9.06. The zero-order valence-electron chi connectivity index (χ0n) is 11.2. The molecule has 1 N–H and O–H groups in total. The van der Waals surface area contributed by atoms with Gasteiger partial charge in [-0.3, -0.25) is 0 Å². The molecule has 102 valence electrons. The van der Waals surface area contributed by atoms with Crippen LogP contribution in [0.15, 0.2) is 36.5 Å². The van der Waals surface area contributed by atoms with Crippen LogP contribution in [0.25, 0.3) is 0 Å². The lowest BCUT2D eigenvalue weighted by molar-refractivity contribution is 0.563. The molecule has 0 unspecified atom stereocenters. The lowest BCUT2D eigenvalue weighted by atomic mass is 10.2. The number of benzene rings is 1. The lowest BCUT2D eigenvalue weighted by Gasteiger charge is -2.12. The molecule has 0 saturated heterocycles. The molecule has 1 aromatic heterocycles. The van der Waals surface area contributed by atoms with Gasteiger partial charge in [0.2, 0.25) is 0 Å². The second kappa shape index (κ2) is 6.22. The number of hydrogen-bond acceptors (Lipinski definition) is 1. The summed E-state index contributed by atoms with van der Waals surface area (Å²) >= 11 is 5.69. The normalized spacial score (nSPS) is 11.2. The Hall–Kier alpha value is -1.32. The van der Waals surface area contributed by atoms with Crippen molar-refractivity contribution in [3.05, 3.63) is 58.6 Å². The van der Waals surface area contributed by atoms with Gasteiger partial charge in [0.1, 0.15) is 5.82 Å². The van der Waals surface area contributed by atoms with Gasteiger partial charge < -0.3 is 9.88 Å². The Morgan fingerprint density at radius 2 is 2.11 bits per heavy atom. The van der Waals surface area contributed by atoms with E-state index in [0.29, 0.717) is 12.6 Å². The molecule has 0 spiro atoms. The van der Waals surface area contributed by atoms with Crippen LogP contribution in [-0.2, 0) is 13.1 Å². The zero-order valence-corrected chi connectivity index (χ0v) is 11.9. The lowest BCUT2D eigenvalue weighted by Crippen LogP contribution is -2.23. The number of hydrogen-bond donors (Lipinski definition) is 1. The molecule has 1 aromatic carbocycles. The Bertz CT molecular complexity index is 549. The van der Waals surface area contributed by atoms with Gasteiger partial charge in [0.15, 0.2) is 0 Å². The van der Waals surface area contributed by atoms with Gasteiger partial charge in [0.05, 0.1) is 5.02 Å². The smallest absolute Gasteiger partial charge is 0.142 e. The number of rotatable bonds is 5. The molecule has 0 aliphatic carbocycles. The average molecular weight is 281 g/mol. The molecule has 0 atom stereocenters. The summed E-state index contributed by atoms with van der Waals surface area (Å²) in [6, 6.07) is 9.46. The van der Waals surface area contributed by atoms with Crippen molar-refractivity contribution >= 4 is 11.6 Å². The molecule has 0 aliphatic rings. The molecule has 4 heteroatoms. The number of halogens is 2. The molecule has 0 fully saturated rings.